The molecular formula is C15H33NO4. The topological polar surface area (TPSA) is 49.0 Å². The number of hydrogen-bond acceptors (Lipinski definition) is 5. The lowest BCUT2D eigenvalue weighted by Crippen LogP contribution is -2.36. The average molecular weight is 291 g/mol. The highest BCUT2D eigenvalue weighted by Gasteiger charge is 2.06. The van der Waals surface area contributed by atoms with Crippen LogP contribution in [0.4, 0.5) is 0 Å². The summed E-state index contributed by atoms with van der Waals surface area (Å²) in [6, 6.07) is 0. The molecule has 0 aromatic carbocycles. The molecule has 0 unspecified atom stereocenters. The van der Waals surface area contributed by atoms with Gasteiger partial charge in [-0.2, -0.15) is 0 Å². The molecule has 0 spiro atoms. The first kappa shape index (κ1) is 19.8. The van der Waals surface area contributed by atoms with Crippen LogP contribution in [-0.4, -0.2) is 65.4 Å². The normalized spacial score (nSPS) is 12.0. The molecule has 0 heterocycles. The predicted molar refractivity (Wildman–Crippen MR) is 81.3 cm³/mol. The van der Waals surface area contributed by atoms with Gasteiger partial charge < -0.3 is 24.3 Å². The van der Waals surface area contributed by atoms with Crippen LogP contribution in [0.5, 0.6) is 0 Å². The summed E-state index contributed by atoms with van der Waals surface area (Å²) < 4.78 is 21.0. The summed E-state index contributed by atoms with van der Waals surface area (Å²) in [6.45, 7) is 12.2. The molecule has 0 aliphatic heterocycles. The van der Waals surface area contributed by atoms with Crippen molar-refractivity contribution in [1.82, 2.24) is 5.32 Å². The van der Waals surface area contributed by atoms with E-state index in [9.17, 15) is 0 Å². The molecule has 0 aliphatic rings. The van der Waals surface area contributed by atoms with E-state index in [1.807, 2.05) is 0 Å². The second-order valence-electron chi connectivity index (χ2n) is 5.71. The van der Waals surface area contributed by atoms with E-state index in [0.29, 0.717) is 39.6 Å². The third kappa shape index (κ3) is 17.8. The molecule has 0 aromatic heterocycles. The van der Waals surface area contributed by atoms with E-state index in [4.69, 9.17) is 18.9 Å². The Labute approximate surface area is 124 Å². The summed E-state index contributed by atoms with van der Waals surface area (Å²) in [5.41, 5.74) is 0.208. The standard InChI is InChI=1S/C15H33NO4/c1-15(2,3)16-7-5-6-8-18-11-12-20-14-13-19-10-9-17-4/h16H,5-14H2,1-4H3. The first-order valence-electron chi connectivity index (χ1n) is 7.53. The van der Waals surface area contributed by atoms with Gasteiger partial charge in [-0.25, -0.2) is 0 Å². The van der Waals surface area contributed by atoms with Gasteiger partial charge in [0.15, 0.2) is 0 Å². The summed E-state index contributed by atoms with van der Waals surface area (Å²) in [5, 5.41) is 3.46. The van der Waals surface area contributed by atoms with Crippen molar-refractivity contribution in [3.8, 4) is 0 Å². The number of methoxy groups -OCH3 is 1. The third-order valence-corrected chi connectivity index (χ3v) is 2.55. The van der Waals surface area contributed by atoms with Crippen molar-refractivity contribution in [1.29, 1.82) is 0 Å². The molecule has 0 aliphatic carbocycles. The molecule has 0 radical (unpaired) electrons. The van der Waals surface area contributed by atoms with Crippen LogP contribution in [-0.2, 0) is 18.9 Å². The van der Waals surface area contributed by atoms with Crippen LogP contribution in [0.1, 0.15) is 33.6 Å². The van der Waals surface area contributed by atoms with Crippen molar-refractivity contribution in [3.63, 3.8) is 0 Å². The minimum atomic E-state index is 0.208. The van der Waals surface area contributed by atoms with Gasteiger partial charge in [0, 0.05) is 19.3 Å². The molecule has 122 valence electrons. The first-order valence-corrected chi connectivity index (χ1v) is 7.53. The highest BCUT2D eigenvalue weighted by molar-refractivity contribution is 4.69. The van der Waals surface area contributed by atoms with Gasteiger partial charge in [0.25, 0.3) is 0 Å². The lowest BCUT2D eigenvalue weighted by Gasteiger charge is -2.20. The minimum absolute atomic E-state index is 0.208. The van der Waals surface area contributed by atoms with Gasteiger partial charge in [-0.05, 0) is 40.2 Å². The summed E-state index contributed by atoms with van der Waals surface area (Å²) in [4.78, 5) is 0. The fourth-order valence-electron chi connectivity index (χ4n) is 1.48. The van der Waals surface area contributed by atoms with E-state index < -0.39 is 0 Å². The molecule has 0 saturated heterocycles. The lowest BCUT2D eigenvalue weighted by molar-refractivity contribution is 0.00326. The lowest BCUT2D eigenvalue weighted by atomic mass is 10.1. The predicted octanol–water partition coefficient (Wildman–Crippen LogP) is 1.85. The van der Waals surface area contributed by atoms with Gasteiger partial charge in [0.1, 0.15) is 0 Å². The van der Waals surface area contributed by atoms with Crippen LogP contribution in [0.2, 0.25) is 0 Å². The van der Waals surface area contributed by atoms with Gasteiger partial charge in [-0.1, -0.05) is 0 Å². The van der Waals surface area contributed by atoms with Crippen molar-refractivity contribution in [2.45, 2.75) is 39.2 Å². The molecular weight excluding hydrogens is 258 g/mol. The van der Waals surface area contributed by atoms with Crippen molar-refractivity contribution in [3.05, 3.63) is 0 Å². The molecule has 0 saturated carbocycles. The average Bonchev–Trinajstić information content (AvgIpc) is 2.38. The zero-order valence-corrected chi connectivity index (χ0v) is 13.7. The monoisotopic (exact) mass is 291 g/mol. The van der Waals surface area contributed by atoms with Crippen LogP contribution < -0.4 is 5.32 Å². The Morgan fingerprint density at radius 1 is 0.700 bits per heavy atom. The summed E-state index contributed by atoms with van der Waals surface area (Å²) >= 11 is 0. The number of rotatable bonds is 14. The Hall–Kier alpha value is -0.200. The molecule has 0 rings (SSSR count). The van der Waals surface area contributed by atoms with Gasteiger partial charge in [-0.15, -0.1) is 0 Å². The molecule has 0 amide bonds. The third-order valence-electron chi connectivity index (χ3n) is 2.55. The second kappa shape index (κ2) is 13.8. The van der Waals surface area contributed by atoms with Gasteiger partial charge >= 0.3 is 0 Å². The van der Waals surface area contributed by atoms with Crippen LogP contribution in [0.3, 0.4) is 0 Å². The first-order chi connectivity index (χ1) is 9.56. The van der Waals surface area contributed by atoms with Crippen LogP contribution in [0.15, 0.2) is 0 Å². The maximum atomic E-state index is 5.50. The van der Waals surface area contributed by atoms with Gasteiger partial charge in [0.05, 0.1) is 39.6 Å². The Bertz CT molecular complexity index is 195. The van der Waals surface area contributed by atoms with E-state index in [2.05, 4.69) is 26.1 Å². The molecule has 0 fully saturated rings. The second-order valence-corrected chi connectivity index (χ2v) is 5.71. The van der Waals surface area contributed by atoms with Crippen LogP contribution in [0.25, 0.3) is 0 Å². The minimum Gasteiger partial charge on any atom is -0.382 e. The number of ether oxygens (including phenoxy) is 4. The Kier molecular flexibility index (Phi) is 13.6. The zero-order chi connectivity index (χ0) is 15.1. The fourth-order valence-corrected chi connectivity index (χ4v) is 1.48. The molecule has 0 bridgehead atoms. The van der Waals surface area contributed by atoms with E-state index in [-0.39, 0.29) is 5.54 Å². The molecule has 20 heavy (non-hydrogen) atoms. The van der Waals surface area contributed by atoms with Crippen molar-refractivity contribution < 1.29 is 18.9 Å². The maximum Gasteiger partial charge on any atom is 0.0701 e. The summed E-state index contributed by atoms with van der Waals surface area (Å²) in [7, 11) is 1.66. The van der Waals surface area contributed by atoms with Crippen molar-refractivity contribution in [2.75, 3.05) is 59.9 Å². The summed E-state index contributed by atoms with van der Waals surface area (Å²) in [5.74, 6) is 0. The van der Waals surface area contributed by atoms with Crippen LogP contribution in [0, 0.1) is 0 Å². The Morgan fingerprint density at radius 3 is 1.70 bits per heavy atom. The number of unbranched alkanes of at least 4 members (excludes halogenated alkanes) is 1. The van der Waals surface area contributed by atoms with Gasteiger partial charge in [-0.3, -0.25) is 0 Å². The SMILES string of the molecule is COCCOCCOCCOCCCCNC(C)(C)C. The quantitative estimate of drug-likeness (QED) is 0.495. The van der Waals surface area contributed by atoms with Crippen molar-refractivity contribution in [2.24, 2.45) is 0 Å². The molecule has 0 atom stereocenters. The maximum absolute atomic E-state index is 5.50. The highest BCUT2D eigenvalue weighted by atomic mass is 16.6. The molecule has 5 heteroatoms. The Morgan fingerprint density at radius 2 is 1.20 bits per heavy atom. The van der Waals surface area contributed by atoms with E-state index in [1.54, 1.807) is 7.11 Å². The summed E-state index contributed by atoms with van der Waals surface area (Å²) in [6.07, 6.45) is 2.23. The van der Waals surface area contributed by atoms with E-state index in [1.165, 1.54) is 0 Å². The van der Waals surface area contributed by atoms with Gasteiger partial charge in [0.2, 0.25) is 0 Å². The molecule has 0 aromatic rings. The number of hydrogen-bond donors (Lipinski definition) is 1. The van der Waals surface area contributed by atoms with E-state index >= 15 is 0 Å². The zero-order valence-electron chi connectivity index (χ0n) is 13.7. The largest absolute Gasteiger partial charge is 0.382 e. The molecule has 1 N–H and O–H groups in total. The van der Waals surface area contributed by atoms with E-state index in [0.717, 1.165) is 26.0 Å². The van der Waals surface area contributed by atoms with Crippen molar-refractivity contribution >= 4 is 0 Å². The Balaban J connectivity index is 2.99. The smallest absolute Gasteiger partial charge is 0.0701 e. The fraction of sp³-hybridized carbons (Fsp3) is 1.00. The number of nitrogens with one attached hydrogen (secondary N) is 1. The highest BCUT2D eigenvalue weighted by Crippen LogP contribution is 1.99. The van der Waals surface area contributed by atoms with Crippen LogP contribution >= 0.6 is 0 Å². The molecule has 5 nitrogen and oxygen atoms in total.